The molecule has 0 aliphatic rings. The predicted octanol–water partition coefficient (Wildman–Crippen LogP) is 3.39. The van der Waals surface area contributed by atoms with Crippen LogP contribution in [-0.2, 0) is 0 Å². The number of pyridine rings is 2. The topological polar surface area (TPSA) is 154 Å². The first-order chi connectivity index (χ1) is 14.3. The van der Waals surface area contributed by atoms with Crippen molar-refractivity contribution in [3.8, 4) is 23.3 Å². The summed E-state index contributed by atoms with van der Waals surface area (Å²) in [7, 11) is 0. The number of rotatable bonds is 4. The number of hydrogen-bond acceptors (Lipinski definition) is 7. The minimum absolute atomic E-state index is 0.0199. The van der Waals surface area contributed by atoms with E-state index in [1.54, 1.807) is 0 Å². The number of amides is 1. The van der Waals surface area contributed by atoms with Crippen LogP contribution in [0, 0.1) is 27.8 Å². The van der Waals surface area contributed by atoms with Crippen molar-refractivity contribution in [3.05, 3.63) is 76.0 Å². The number of nitro benzene ring substituents is 1. The normalized spacial score (nSPS) is 9.90. The second-order valence-corrected chi connectivity index (χ2v) is 5.66. The van der Waals surface area contributed by atoms with E-state index in [4.69, 9.17) is 15.6 Å². The van der Waals surface area contributed by atoms with Crippen molar-refractivity contribution in [2.24, 2.45) is 0 Å². The van der Waals surface area contributed by atoms with Crippen LogP contribution in [0.3, 0.4) is 0 Å². The highest BCUT2D eigenvalue weighted by Gasteiger charge is 2.14. The molecule has 10 nitrogen and oxygen atoms in total. The highest BCUT2D eigenvalue weighted by Crippen LogP contribution is 2.30. The lowest BCUT2D eigenvalue weighted by molar-refractivity contribution is -0.385. The van der Waals surface area contributed by atoms with Crippen LogP contribution in [0.25, 0.3) is 0 Å². The Kier molecular flexibility index (Phi) is 5.69. The summed E-state index contributed by atoms with van der Waals surface area (Å²) in [4.78, 5) is 28.5. The number of nitrogen functional groups attached to an aromatic ring is 1. The number of ether oxygens (including phenoxy) is 1. The van der Waals surface area contributed by atoms with E-state index >= 15 is 0 Å². The van der Waals surface area contributed by atoms with E-state index in [-0.39, 0.29) is 28.6 Å². The van der Waals surface area contributed by atoms with Gasteiger partial charge in [-0.25, -0.2) is 19.2 Å². The van der Waals surface area contributed by atoms with Gasteiger partial charge in [0.1, 0.15) is 22.8 Å². The van der Waals surface area contributed by atoms with E-state index in [9.17, 15) is 19.3 Å². The molecule has 0 saturated heterocycles. The van der Waals surface area contributed by atoms with Gasteiger partial charge >= 0.3 is 6.09 Å². The first-order valence-corrected chi connectivity index (χ1v) is 8.18. The molecule has 2 heterocycles. The molecular formula is C19H12FN5O5. The van der Waals surface area contributed by atoms with Crippen LogP contribution in [0.15, 0.2) is 48.8 Å². The number of aromatic nitrogens is 2. The summed E-state index contributed by atoms with van der Waals surface area (Å²) in [5.74, 6) is 4.39. The number of non-ortho nitro benzene ring substituents is 1. The zero-order valence-corrected chi connectivity index (χ0v) is 15.0. The summed E-state index contributed by atoms with van der Waals surface area (Å²) in [6.45, 7) is 0. The summed E-state index contributed by atoms with van der Waals surface area (Å²) in [5.41, 5.74) is 6.17. The fraction of sp³-hybridized carbons (Fsp3) is 0. The van der Waals surface area contributed by atoms with E-state index in [0.717, 1.165) is 18.2 Å². The van der Waals surface area contributed by atoms with Crippen molar-refractivity contribution >= 4 is 23.3 Å². The molecule has 2 aromatic heterocycles. The summed E-state index contributed by atoms with van der Waals surface area (Å²) in [5, 5.41) is 21.5. The van der Waals surface area contributed by atoms with Gasteiger partial charge in [-0.1, -0.05) is 5.92 Å². The maximum absolute atomic E-state index is 14.1. The van der Waals surface area contributed by atoms with Gasteiger partial charge in [0.15, 0.2) is 11.6 Å². The molecule has 1 amide bonds. The van der Waals surface area contributed by atoms with Gasteiger partial charge in [0.05, 0.1) is 22.9 Å². The number of halogens is 1. The summed E-state index contributed by atoms with van der Waals surface area (Å²) in [6.07, 6.45) is 1.40. The van der Waals surface area contributed by atoms with Crippen molar-refractivity contribution in [2.75, 3.05) is 11.1 Å². The number of hydrogen-bond donors (Lipinski definition) is 3. The van der Waals surface area contributed by atoms with Crippen LogP contribution in [0.5, 0.6) is 11.5 Å². The molecular weight excluding hydrogens is 397 g/mol. The predicted molar refractivity (Wildman–Crippen MR) is 104 cm³/mol. The lowest BCUT2D eigenvalue weighted by Gasteiger charge is -2.09. The molecule has 0 aliphatic heterocycles. The molecule has 1 aromatic carbocycles. The average Bonchev–Trinajstić information content (AvgIpc) is 2.69. The van der Waals surface area contributed by atoms with E-state index in [1.165, 1.54) is 30.6 Å². The molecule has 30 heavy (non-hydrogen) atoms. The van der Waals surface area contributed by atoms with Crippen molar-refractivity contribution in [1.82, 2.24) is 9.97 Å². The number of nitro groups is 1. The largest absolute Gasteiger partial charge is 0.465 e. The molecule has 0 fully saturated rings. The summed E-state index contributed by atoms with van der Waals surface area (Å²) in [6, 6.07) is 7.33. The highest BCUT2D eigenvalue weighted by atomic mass is 19.1. The fourth-order valence-corrected chi connectivity index (χ4v) is 2.27. The van der Waals surface area contributed by atoms with Gasteiger partial charge in [0.2, 0.25) is 0 Å². The van der Waals surface area contributed by atoms with Crippen molar-refractivity contribution in [2.45, 2.75) is 0 Å². The average molecular weight is 409 g/mol. The Morgan fingerprint density at radius 1 is 1.20 bits per heavy atom. The molecule has 0 spiro atoms. The molecule has 3 rings (SSSR count). The van der Waals surface area contributed by atoms with Crippen LogP contribution in [0.4, 0.5) is 26.4 Å². The molecule has 0 unspecified atom stereocenters. The van der Waals surface area contributed by atoms with E-state index in [2.05, 4.69) is 27.1 Å². The Morgan fingerprint density at radius 2 is 2.00 bits per heavy atom. The monoisotopic (exact) mass is 409 g/mol. The standard InChI is InChI=1S/C19H12FN5O5/c20-15-9-13(25(28)29)4-6-17(15)30-16-7-8-22-18(21)14(16)5-3-11-1-2-12(10-23-11)24-19(26)27/h1-2,4,6-10,24H,(H2,21,22)(H,26,27). The molecule has 11 heteroatoms. The molecule has 150 valence electrons. The first-order valence-electron chi connectivity index (χ1n) is 8.18. The van der Waals surface area contributed by atoms with Gasteiger partial charge in [-0.15, -0.1) is 0 Å². The van der Waals surface area contributed by atoms with Crippen molar-refractivity contribution in [3.63, 3.8) is 0 Å². The van der Waals surface area contributed by atoms with Gasteiger partial charge in [0.25, 0.3) is 5.69 Å². The number of carbonyl (C=O) groups is 1. The highest BCUT2D eigenvalue weighted by molar-refractivity contribution is 5.82. The number of nitrogens with two attached hydrogens (primary N) is 1. The van der Waals surface area contributed by atoms with Crippen molar-refractivity contribution < 1.29 is 24.0 Å². The molecule has 4 N–H and O–H groups in total. The van der Waals surface area contributed by atoms with Gasteiger partial charge in [0, 0.05) is 18.3 Å². The Morgan fingerprint density at radius 3 is 2.63 bits per heavy atom. The Hall–Kier alpha value is -4.72. The smallest absolute Gasteiger partial charge is 0.409 e. The van der Waals surface area contributed by atoms with E-state index in [1.807, 2.05) is 0 Å². The third-order valence-electron chi connectivity index (χ3n) is 3.62. The Bertz CT molecular complexity index is 1190. The Labute approximate surface area is 168 Å². The molecule has 0 atom stereocenters. The minimum atomic E-state index is -1.22. The second-order valence-electron chi connectivity index (χ2n) is 5.66. The van der Waals surface area contributed by atoms with E-state index in [0.29, 0.717) is 5.69 Å². The number of nitrogens with one attached hydrogen (secondary N) is 1. The lowest BCUT2D eigenvalue weighted by Crippen LogP contribution is -2.07. The quantitative estimate of drug-likeness (QED) is 0.337. The third-order valence-corrected chi connectivity index (χ3v) is 3.62. The molecule has 0 radical (unpaired) electrons. The first kappa shape index (κ1) is 20.0. The van der Waals surface area contributed by atoms with Crippen LogP contribution < -0.4 is 15.8 Å². The Balaban J connectivity index is 1.89. The van der Waals surface area contributed by atoms with Gasteiger partial charge in [-0.3, -0.25) is 15.4 Å². The number of benzene rings is 1. The zero-order valence-electron chi connectivity index (χ0n) is 15.0. The number of carboxylic acid groups (broad SMARTS) is 1. The summed E-state index contributed by atoms with van der Waals surface area (Å²) < 4.78 is 19.6. The van der Waals surface area contributed by atoms with Gasteiger partial charge in [-0.2, -0.15) is 0 Å². The number of anilines is 2. The van der Waals surface area contributed by atoms with Crippen LogP contribution >= 0.6 is 0 Å². The molecule has 3 aromatic rings. The molecule has 0 aliphatic carbocycles. The minimum Gasteiger partial charge on any atom is -0.465 e. The van der Waals surface area contributed by atoms with E-state index < -0.39 is 22.5 Å². The van der Waals surface area contributed by atoms with Crippen molar-refractivity contribution in [1.29, 1.82) is 0 Å². The maximum atomic E-state index is 14.1. The zero-order chi connectivity index (χ0) is 21.7. The van der Waals surface area contributed by atoms with Crippen LogP contribution in [0.1, 0.15) is 11.3 Å². The fourth-order valence-electron chi connectivity index (χ4n) is 2.27. The van der Waals surface area contributed by atoms with Gasteiger partial charge in [-0.05, 0) is 24.1 Å². The third kappa shape index (κ3) is 4.76. The van der Waals surface area contributed by atoms with Crippen LogP contribution in [-0.4, -0.2) is 26.1 Å². The number of nitrogens with zero attached hydrogens (tertiary/aromatic N) is 3. The molecule has 0 saturated carbocycles. The summed E-state index contributed by atoms with van der Waals surface area (Å²) >= 11 is 0. The maximum Gasteiger partial charge on any atom is 0.409 e. The molecule has 0 bridgehead atoms. The second kappa shape index (κ2) is 8.53. The lowest BCUT2D eigenvalue weighted by atomic mass is 10.2. The van der Waals surface area contributed by atoms with Crippen LogP contribution in [0.2, 0.25) is 0 Å². The SMILES string of the molecule is Nc1nccc(Oc2ccc([N+](=O)[O-])cc2F)c1C#Cc1ccc(NC(=O)O)cn1. The van der Waals surface area contributed by atoms with Gasteiger partial charge < -0.3 is 15.6 Å².